The Bertz CT molecular complexity index is 194. The molecule has 0 rings (SSSR count). The molecule has 0 saturated heterocycles. The van der Waals surface area contributed by atoms with E-state index in [0.717, 1.165) is 0 Å². The minimum atomic E-state index is -3.80. The van der Waals surface area contributed by atoms with Crippen LogP contribution in [0.15, 0.2) is 0 Å². The van der Waals surface area contributed by atoms with Crippen LogP contribution in [0.5, 0.6) is 0 Å². The molecule has 0 aliphatic heterocycles. The summed E-state index contributed by atoms with van der Waals surface area (Å²) in [6.45, 7) is 3.36. The summed E-state index contributed by atoms with van der Waals surface area (Å²) in [5.74, 6) is -0.354. The highest BCUT2D eigenvalue weighted by Crippen LogP contribution is 1.89. The fraction of sp³-hybridized carbons (Fsp3) is 1.00. The standard InChI is InChI=1S/C6H15N.C2H7NO3S.ClH/c1-3-4-5-6-7-2;3-1-2-7(4,5)6;/h7H,3-6H2,1-2H3;1-3H2,(H,4,5,6);1H. The van der Waals surface area contributed by atoms with E-state index < -0.39 is 10.1 Å². The van der Waals surface area contributed by atoms with Crippen LogP contribution in [0, 0.1) is 0 Å². The summed E-state index contributed by atoms with van der Waals surface area (Å²) in [4.78, 5) is 0. The molecular formula is C8H23ClN2O3S. The lowest BCUT2D eigenvalue weighted by Crippen LogP contribution is -2.13. The van der Waals surface area contributed by atoms with Crippen LogP contribution >= 0.6 is 12.4 Å². The fourth-order valence-corrected chi connectivity index (χ4v) is 0.999. The summed E-state index contributed by atoms with van der Waals surface area (Å²) in [6, 6.07) is 0. The van der Waals surface area contributed by atoms with E-state index in [1.165, 1.54) is 25.8 Å². The molecular weight excluding hydrogens is 240 g/mol. The highest BCUT2D eigenvalue weighted by molar-refractivity contribution is 7.85. The van der Waals surface area contributed by atoms with Crippen molar-refractivity contribution in [1.29, 1.82) is 0 Å². The Morgan fingerprint density at radius 1 is 1.33 bits per heavy atom. The summed E-state index contributed by atoms with van der Waals surface area (Å²) < 4.78 is 27.3. The Kier molecular flexibility index (Phi) is 19.3. The molecule has 4 N–H and O–H groups in total. The predicted molar refractivity (Wildman–Crippen MR) is 66.2 cm³/mol. The van der Waals surface area contributed by atoms with E-state index in [0.29, 0.717) is 0 Å². The highest BCUT2D eigenvalue weighted by Gasteiger charge is 1.98. The monoisotopic (exact) mass is 262 g/mol. The molecule has 0 bridgehead atoms. The van der Waals surface area contributed by atoms with Gasteiger partial charge in [-0.15, -0.1) is 12.4 Å². The van der Waals surface area contributed by atoms with Crippen molar-refractivity contribution in [2.24, 2.45) is 5.73 Å². The molecule has 0 radical (unpaired) electrons. The number of nitrogens with two attached hydrogens (primary N) is 1. The van der Waals surface area contributed by atoms with Gasteiger partial charge in [-0.25, -0.2) is 0 Å². The summed E-state index contributed by atoms with van der Waals surface area (Å²) in [5, 5.41) is 3.10. The van der Waals surface area contributed by atoms with Crippen molar-refractivity contribution in [2.45, 2.75) is 26.2 Å². The maximum absolute atomic E-state index is 9.71. The van der Waals surface area contributed by atoms with Crippen LogP contribution in [-0.4, -0.2) is 38.9 Å². The van der Waals surface area contributed by atoms with Gasteiger partial charge in [-0.05, 0) is 20.0 Å². The van der Waals surface area contributed by atoms with Crippen molar-refractivity contribution in [1.82, 2.24) is 5.32 Å². The Morgan fingerprint density at radius 3 is 2.07 bits per heavy atom. The van der Waals surface area contributed by atoms with E-state index in [4.69, 9.17) is 10.3 Å². The number of hydrogen-bond acceptors (Lipinski definition) is 4. The number of hydrogen-bond donors (Lipinski definition) is 3. The highest BCUT2D eigenvalue weighted by atomic mass is 35.5. The zero-order valence-electron chi connectivity index (χ0n) is 9.40. The van der Waals surface area contributed by atoms with E-state index in [9.17, 15) is 8.42 Å². The minimum absolute atomic E-state index is 0. The second-order valence-corrected chi connectivity index (χ2v) is 4.46. The number of unbranched alkanes of at least 4 members (excludes halogenated alkanes) is 2. The molecule has 0 aromatic heterocycles. The van der Waals surface area contributed by atoms with E-state index >= 15 is 0 Å². The maximum Gasteiger partial charge on any atom is 0.266 e. The van der Waals surface area contributed by atoms with Gasteiger partial charge in [-0.2, -0.15) is 8.42 Å². The summed E-state index contributed by atoms with van der Waals surface area (Å²) in [5.41, 5.74) is 4.78. The third-order valence-corrected chi connectivity index (χ3v) is 2.16. The lowest BCUT2D eigenvalue weighted by Gasteiger charge is -1.93. The van der Waals surface area contributed by atoms with Gasteiger partial charge < -0.3 is 11.1 Å². The van der Waals surface area contributed by atoms with Crippen LogP contribution in [0.25, 0.3) is 0 Å². The Morgan fingerprint density at radius 2 is 1.87 bits per heavy atom. The molecule has 0 heterocycles. The largest absolute Gasteiger partial charge is 0.329 e. The third kappa shape index (κ3) is 31.5. The molecule has 7 heteroatoms. The van der Waals surface area contributed by atoms with Crippen molar-refractivity contribution in [2.75, 3.05) is 25.9 Å². The van der Waals surface area contributed by atoms with Crippen molar-refractivity contribution < 1.29 is 13.0 Å². The van der Waals surface area contributed by atoms with Crippen LogP contribution in [0.2, 0.25) is 0 Å². The average molecular weight is 263 g/mol. The Balaban J connectivity index is -0.000000180. The smallest absolute Gasteiger partial charge is 0.266 e. The first-order valence-corrected chi connectivity index (χ1v) is 6.38. The molecule has 0 amide bonds. The zero-order valence-corrected chi connectivity index (χ0v) is 11.0. The second kappa shape index (κ2) is 14.1. The first kappa shape index (κ1) is 20.5. The molecule has 0 saturated carbocycles. The molecule has 0 fully saturated rings. The van der Waals surface area contributed by atoms with Gasteiger partial charge in [0.2, 0.25) is 0 Å². The molecule has 0 aromatic rings. The predicted octanol–water partition coefficient (Wildman–Crippen LogP) is 0.651. The van der Waals surface area contributed by atoms with E-state index in [-0.39, 0.29) is 24.7 Å². The Hall–Kier alpha value is 0.120. The van der Waals surface area contributed by atoms with E-state index in [2.05, 4.69) is 12.2 Å². The van der Waals surface area contributed by atoms with Crippen LogP contribution in [0.3, 0.4) is 0 Å². The number of halogens is 1. The van der Waals surface area contributed by atoms with Gasteiger partial charge in [-0.1, -0.05) is 19.8 Å². The van der Waals surface area contributed by atoms with Crippen LogP contribution in [-0.2, 0) is 10.1 Å². The van der Waals surface area contributed by atoms with Crippen molar-refractivity contribution in [3.8, 4) is 0 Å². The SMILES string of the molecule is CCCCCNC.Cl.NCCS(=O)(=O)O. The molecule has 0 unspecified atom stereocenters. The van der Waals surface area contributed by atoms with Crippen LogP contribution in [0.4, 0.5) is 0 Å². The van der Waals surface area contributed by atoms with Crippen molar-refractivity contribution in [3.63, 3.8) is 0 Å². The minimum Gasteiger partial charge on any atom is -0.329 e. The van der Waals surface area contributed by atoms with Gasteiger partial charge in [0.1, 0.15) is 0 Å². The van der Waals surface area contributed by atoms with Gasteiger partial charge in [0, 0.05) is 6.54 Å². The Labute approximate surface area is 99.0 Å². The van der Waals surface area contributed by atoms with Gasteiger partial charge in [0.25, 0.3) is 10.1 Å². The molecule has 5 nitrogen and oxygen atoms in total. The normalized spacial score (nSPS) is 9.87. The van der Waals surface area contributed by atoms with Crippen LogP contribution in [0.1, 0.15) is 26.2 Å². The van der Waals surface area contributed by atoms with E-state index in [1.54, 1.807) is 0 Å². The first-order chi connectivity index (χ1) is 6.47. The summed E-state index contributed by atoms with van der Waals surface area (Å²) >= 11 is 0. The van der Waals surface area contributed by atoms with Crippen molar-refractivity contribution in [3.05, 3.63) is 0 Å². The van der Waals surface area contributed by atoms with Crippen molar-refractivity contribution >= 4 is 22.5 Å². The second-order valence-electron chi connectivity index (χ2n) is 2.89. The molecule has 0 aliphatic carbocycles. The van der Waals surface area contributed by atoms with Gasteiger partial charge in [-0.3, -0.25) is 4.55 Å². The topological polar surface area (TPSA) is 92.4 Å². The number of rotatable bonds is 6. The molecule has 0 aliphatic rings. The molecule has 0 atom stereocenters. The first-order valence-electron chi connectivity index (χ1n) is 4.77. The lowest BCUT2D eigenvalue weighted by molar-refractivity contribution is 0.483. The van der Waals surface area contributed by atoms with Crippen LogP contribution < -0.4 is 11.1 Å². The summed E-state index contributed by atoms with van der Waals surface area (Å²) in [6.07, 6.45) is 4.01. The molecule has 0 spiro atoms. The maximum atomic E-state index is 9.71. The summed E-state index contributed by atoms with van der Waals surface area (Å²) in [7, 11) is -1.80. The zero-order chi connectivity index (χ0) is 11.4. The van der Waals surface area contributed by atoms with E-state index in [1.807, 2.05) is 7.05 Å². The molecule has 0 aromatic carbocycles. The fourth-order valence-electron chi connectivity index (χ4n) is 0.701. The molecule has 96 valence electrons. The quantitative estimate of drug-likeness (QED) is 0.483. The average Bonchev–Trinajstić information content (AvgIpc) is 2.04. The number of nitrogens with one attached hydrogen (secondary N) is 1. The van der Waals surface area contributed by atoms with Gasteiger partial charge in [0.05, 0.1) is 5.75 Å². The lowest BCUT2D eigenvalue weighted by atomic mass is 10.2. The third-order valence-electron chi connectivity index (χ3n) is 1.41. The van der Waals surface area contributed by atoms with Gasteiger partial charge in [0.15, 0.2) is 0 Å². The van der Waals surface area contributed by atoms with Gasteiger partial charge >= 0.3 is 0 Å². The molecule has 15 heavy (non-hydrogen) atoms.